The number of rotatable bonds is 3. The second kappa shape index (κ2) is 12.9. The third-order valence-electron chi connectivity index (χ3n) is 3.94. The minimum atomic E-state index is -4.49. The van der Waals surface area contributed by atoms with Gasteiger partial charge in [0, 0.05) is 6.54 Å². The molecular formula is C19H37F3N2O4. The normalized spacial score (nSPS) is 20.8. The maximum atomic E-state index is 12.3. The second-order valence-electron chi connectivity index (χ2n) is 7.53. The van der Waals surface area contributed by atoms with Crippen LogP contribution in [-0.4, -0.2) is 52.5 Å². The number of likely N-dealkylation sites (tertiary alicyclic amines) is 1. The summed E-state index contributed by atoms with van der Waals surface area (Å²) in [5.41, 5.74) is 4.26. The first-order valence-electron chi connectivity index (χ1n) is 9.69. The van der Waals surface area contributed by atoms with Crippen molar-refractivity contribution in [2.24, 2.45) is 11.7 Å². The van der Waals surface area contributed by atoms with Crippen LogP contribution in [0.25, 0.3) is 0 Å². The molecule has 0 saturated carbocycles. The van der Waals surface area contributed by atoms with E-state index < -0.39 is 42.3 Å². The summed E-state index contributed by atoms with van der Waals surface area (Å²) in [6.07, 6.45) is -5.19. The van der Waals surface area contributed by atoms with Gasteiger partial charge in [0.1, 0.15) is 12.0 Å². The van der Waals surface area contributed by atoms with Gasteiger partial charge >= 0.3 is 12.3 Å². The van der Waals surface area contributed by atoms with Gasteiger partial charge in [0.25, 0.3) is 0 Å². The summed E-state index contributed by atoms with van der Waals surface area (Å²) in [4.78, 5) is 22.9. The maximum absolute atomic E-state index is 12.3. The van der Waals surface area contributed by atoms with Crippen LogP contribution >= 0.6 is 0 Å². The Morgan fingerprint density at radius 3 is 2.00 bits per heavy atom. The van der Waals surface area contributed by atoms with Crippen molar-refractivity contribution in [1.29, 1.82) is 0 Å². The molecule has 0 bridgehead atoms. The highest BCUT2D eigenvalue weighted by molar-refractivity contribution is 5.77. The number of nitrogens with zero attached hydrogens (tertiary/aromatic N) is 1. The number of piperidine rings is 1. The van der Waals surface area contributed by atoms with Gasteiger partial charge in [-0.25, -0.2) is 4.79 Å². The first-order valence-corrected chi connectivity index (χ1v) is 9.69. The molecule has 3 atom stereocenters. The minimum Gasteiger partial charge on any atom is -0.444 e. The number of nitrogens with two attached hydrogens (primary N) is 1. The van der Waals surface area contributed by atoms with E-state index in [4.69, 9.17) is 5.73 Å². The van der Waals surface area contributed by atoms with Crippen molar-refractivity contribution in [3.8, 4) is 0 Å². The van der Waals surface area contributed by atoms with Gasteiger partial charge in [-0.15, -0.1) is 0 Å². The molecule has 0 spiro atoms. The van der Waals surface area contributed by atoms with Crippen LogP contribution < -0.4 is 5.73 Å². The number of ether oxygens (including phenoxy) is 1. The predicted molar refractivity (Wildman–Crippen MR) is 103 cm³/mol. The summed E-state index contributed by atoms with van der Waals surface area (Å²) in [6.45, 7) is 13.1. The highest BCUT2D eigenvalue weighted by atomic mass is 19.4. The van der Waals surface area contributed by atoms with Crippen LogP contribution in [0.4, 0.5) is 18.0 Å². The van der Waals surface area contributed by atoms with E-state index in [0.717, 1.165) is 12.8 Å². The number of hydrogen-bond donors (Lipinski definition) is 2. The van der Waals surface area contributed by atoms with E-state index in [2.05, 4.69) is 4.74 Å². The molecule has 1 aliphatic rings. The van der Waals surface area contributed by atoms with Crippen molar-refractivity contribution >= 4 is 12.0 Å². The van der Waals surface area contributed by atoms with Gasteiger partial charge in [0.05, 0.1) is 12.1 Å². The Labute approximate surface area is 166 Å². The molecule has 0 aromatic carbocycles. The van der Waals surface area contributed by atoms with Crippen molar-refractivity contribution < 1.29 is 32.6 Å². The van der Waals surface area contributed by atoms with Crippen LogP contribution in [-0.2, 0) is 9.53 Å². The number of aliphatic hydroxyl groups excluding tert-OH is 1. The van der Waals surface area contributed by atoms with E-state index >= 15 is 0 Å². The fraction of sp³-hybridized carbons (Fsp3) is 0.895. The quantitative estimate of drug-likeness (QED) is 0.722. The summed E-state index contributed by atoms with van der Waals surface area (Å²) in [7, 11) is 0. The van der Waals surface area contributed by atoms with Crippen molar-refractivity contribution in [1.82, 2.24) is 4.90 Å². The van der Waals surface area contributed by atoms with Crippen molar-refractivity contribution in [2.45, 2.75) is 98.1 Å². The molecule has 2 unspecified atom stereocenters. The van der Waals surface area contributed by atoms with E-state index in [9.17, 15) is 27.9 Å². The van der Waals surface area contributed by atoms with Gasteiger partial charge in [0.2, 0.25) is 5.91 Å². The first kappa shape index (κ1) is 28.7. The number of carbonyl (C=O) groups is 2. The number of alkyl halides is 3. The zero-order valence-corrected chi connectivity index (χ0v) is 18.1. The molecule has 0 aliphatic carbocycles. The number of primary amides is 1. The van der Waals surface area contributed by atoms with Crippen molar-refractivity contribution in [3.05, 3.63) is 0 Å². The summed E-state index contributed by atoms with van der Waals surface area (Å²) in [5.74, 6) is -0.691. The van der Waals surface area contributed by atoms with Crippen LogP contribution in [0.1, 0.15) is 74.1 Å². The second-order valence-corrected chi connectivity index (χ2v) is 7.53. The fourth-order valence-electron chi connectivity index (χ4n) is 2.76. The third-order valence-corrected chi connectivity index (χ3v) is 3.94. The van der Waals surface area contributed by atoms with Gasteiger partial charge in [-0.2, -0.15) is 13.2 Å². The lowest BCUT2D eigenvalue weighted by atomic mass is 9.88. The smallest absolute Gasteiger partial charge is 0.405 e. The minimum absolute atomic E-state index is 0.234. The fourth-order valence-corrected chi connectivity index (χ4v) is 2.76. The molecular weight excluding hydrogens is 377 g/mol. The monoisotopic (exact) mass is 414 g/mol. The molecule has 1 rings (SSSR count). The Morgan fingerprint density at radius 2 is 1.71 bits per heavy atom. The van der Waals surface area contributed by atoms with Gasteiger partial charge in [-0.05, 0) is 46.5 Å². The van der Waals surface area contributed by atoms with Crippen LogP contribution in [0.15, 0.2) is 0 Å². The Bertz CT molecular complexity index is 463. The average Bonchev–Trinajstić information content (AvgIpc) is 2.52. The lowest BCUT2D eigenvalue weighted by molar-refractivity contribution is -0.167. The number of aliphatic hydroxyl groups is 1. The number of carbonyl (C=O) groups excluding carboxylic acids is 2. The van der Waals surface area contributed by atoms with Gasteiger partial charge < -0.3 is 20.5 Å². The van der Waals surface area contributed by atoms with E-state index in [1.807, 2.05) is 20.8 Å². The maximum Gasteiger partial charge on any atom is 0.405 e. The molecule has 168 valence electrons. The standard InChI is InChI=1S/C12H20F3NO2.C5H11NO2.C2H6/c1-3-9-4-5-10(8(2)17)16(7-9)11(18)6-12(13,14)15;1-5(2,3)8-4(6)7;1-2/h8-10,17H,3-7H2,1-2H3;1-3H3,(H2,6,7);1-2H3/t8-,9?,10?;;/m0../s1. The molecule has 1 heterocycles. The Balaban J connectivity index is 0. The topological polar surface area (TPSA) is 92.9 Å². The van der Waals surface area contributed by atoms with E-state index in [1.54, 1.807) is 20.8 Å². The van der Waals surface area contributed by atoms with Crippen LogP contribution in [0.2, 0.25) is 0 Å². The molecule has 1 fully saturated rings. The Hall–Kier alpha value is -1.51. The molecule has 9 heteroatoms. The number of hydrogen-bond acceptors (Lipinski definition) is 4. The highest BCUT2D eigenvalue weighted by Gasteiger charge is 2.39. The van der Waals surface area contributed by atoms with Gasteiger partial charge in [-0.1, -0.05) is 27.2 Å². The van der Waals surface area contributed by atoms with Gasteiger partial charge in [-0.3, -0.25) is 4.79 Å². The summed E-state index contributed by atoms with van der Waals surface area (Å²) in [6, 6.07) is -0.484. The Morgan fingerprint density at radius 1 is 1.21 bits per heavy atom. The largest absolute Gasteiger partial charge is 0.444 e. The van der Waals surface area contributed by atoms with Crippen molar-refractivity contribution in [2.75, 3.05) is 6.54 Å². The van der Waals surface area contributed by atoms with Crippen LogP contribution in [0.5, 0.6) is 0 Å². The first-order chi connectivity index (χ1) is 12.7. The van der Waals surface area contributed by atoms with E-state index in [0.29, 0.717) is 13.0 Å². The zero-order chi connectivity index (χ0) is 22.7. The van der Waals surface area contributed by atoms with E-state index in [-0.39, 0.29) is 5.92 Å². The molecule has 3 N–H and O–H groups in total. The SMILES string of the molecule is CC.CC(C)(C)OC(N)=O.CCC1CCC([C@H](C)O)N(C(=O)CC(F)(F)F)C1. The van der Waals surface area contributed by atoms with E-state index in [1.165, 1.54) is 11.8 Å². The molecule has 1 aliphatic heterocycles. The number of amides is 2. The van der Waals surface area contributed by atoms with Gasteiger partial charge in [0.15, 0.2) is 0 Å². The zero-order valence-electron chi connectivity index (χ0n) is 18.1. The average molecular weight is 415 g/mol. The summed E-state index contributed by atoms with van der Waals surface area (Å²) in [5, 5.41) is 9.58. The molecule has 1 saturated heterocycles. The molecule has 28 heavy (non-hydrogen) atoms. The lowest BCUT2D eigenvalue weighted by Gasteiger charge is -2.41. The van der Waals surface area contributed by atoms with Crippen LogP contribution in [0.3, 0.4) is 0 Å². The summed E-state index contributed by atoms with van der Waals surface area (Å²) >= 11 is 0. The number of halogens is 3. The van der Waals surface area contributed by atoms with Crippen LogP contribution in [0, 0.1) is 5.92 Å². The molecule has 6 nitrogen and oxygen atoms in total. The Kier molecular flexibility index (Phi) is 13.2. The highest BCUT2D eigenvalue weighted by Crippen LogP contribution is 2.29. The molecule has 0 aromatic rings. The summed E-state index contributed by atoms with van der Waals surface area (Å²) < 4.78 is 41.4. The molecule has 0 radical (unpaired) electrons. The van der Waals surface area contributed by atoms with Crippen molar-refractivity contribution in [3.63, 3.8) is 0 Å². The third kappa shape index (κ3) is 13.6. The lowest BCUT2D eigenvalue weighted by Crippen LogP contribution is -2.52. The molecule has 2 amide bonds. The molecule has 0 aromatic heterocycles. The predicted octanol–water partition coefficient (Wildman–Crippen LogP) is 4.24.